The predicted molar refractivity (Wildman–Crippen MR) is 180 cm³/mol. The third kappa shape index (κ3) is 6.67. The number of aryl methyl sites for hydroxylation is 1. The fourth-order valence-electron chi connectivity index (χ4n) is 6.74. The summed E-state index contributed by atoms with van der Waals surface area (Å²) < 4.78 is 14.8. The van der Waals surface area contributed by atoms with Crippen LogP contribution in [-0.4, -0.2) is 60.9 Å². The number of nitrogens with one attached hydrogen (secondary N) is 6. The van der Waals surface area contributed by atoms with Gasteiger partial charge in [-0.1, -0.05) is 48.5 Å². The molecular weight excluding hydrogens is 633 g/mol. The molecule has 0 bridgehead atoms. The van der Waals surface area contributed by atoms with Crippen molar-refractivity contribution in [1.29, 1.82) is 0 Å². The number of anilines is 1. The van der Waals surface area contributed by atoms with Crippen LogP contribution in [0, 0.1) is 5.82 Å². The number of hydrogen-bond donors (Lipinski definition) is 6. The first-order valence-electron chi connectivity index (χ1n) is 16.1. The lowest BCUT2D eigenvalue weighted by atomic mass is 10.0. The molecule has 0 aliphatic carbocycles. The molecule has 0 spiro atoms. The minimum Gasteiger partial charge on any atom is -0.353 e. The summed E-state index contributed by atoms with van der Waals surface area (Å²) in [6.07, 6.45) is 1.39. The first-order valence-corrected chi connectivity index (χ1v) is 17.0. The number of para-hydroxylation sites is 1. The van der Waals surface area contributed by atoms with E-state index in [4.69, 9.17) is 0 Å². The van der Waals surface area contributed by atoms with Crippen LogP contribution in [0.25, 0.3) is 10.1 Å². The summed E-state index contributed by atoms with van der Waals surface area (Å²) in [6, 6.07) is 16.7. The lowest BCUT2D eigenvalue weighted by molar-refractivity contribution is -0.132. The Morgan fingerprint density at radius 3 is 2.65 bits per heavy atom. The number of nitrogens with zero attached hydrogens (tertiary/aromatic N) is 1. The molecule has 1 unspecified atom stereocenters. The van der Waals surface area contributed by atoms with Gasteiger partial charge in [0.1, 0.15) is 23.9 Å². The number of carbonyl (C=O) groups is 4. The predicted octanol–water partition coefficient (Wildman–Crippen LogP) is 1.80. The van der Waals surface area contributed by atoms with E-state index >= 15 is 0 Å². The summed E-state index contributed by atoms with van der Waals surface area (Å²) in [6.45, 7) is 0.998. The van der Waals surface area contributed by atoms with E-state index in [2.05, 4.69) is 32.3 Å². The van der Waals surface area contributed by atoms with Gasteiger partial charge in [-0.05, 0) is 64.1 Å². The fraction of sp³-hybridized carbons (Fsp3) is 0.314. The number of benzene rings is 3. The Morgan fingerprint density at radius 2 is 1.83 bits per heavy atom. The number of hydrogen-bond acceptors (Lipinski definition) is 8. The van der Waals surface area contributed by atoms with E-state index < -0.39 is 29.8 Å². The smallest absolute Gasteiger partial charge is 0.250 e. The molecule has 0 saturated carbocycles. The Balaban J connectivity index is 1.09. The number of rotatable bonds is 10. The van der Waals surface area contributed by atoms with Crippen LogP contribution in [0.1, 0.15) is 28.7 Å². The van der Waals surface area contributed by atoms with Gasteiger partial charge in [0, 0.05) is 30.6 Å². The molecule has 4 amide bonds. The highest BCUT2D eigenvalue weighted by Gasteiger charge is 2.44. The Morgan fingerprint density at radius 1 is 1.02 bits per heavy atom. The Hall–Kier alpha value is -4.69. The van der Waals surface area contributed by atoms with Gasteiger partial charge in [0.05, 0.1) is 18.2 Å². The molecule has 11 nitrogen and oxygen atoms in total. The zero-order valence-electron chi connectivity index (χ0n) is 26.1. The Bertz CT molecular complexity index is 1860. The van der Waals surface area contributed by atoms with Crippen LogP contribution in [0.4, 0.5) is 10.1 Å². The van der Waals surface area contributed by atoms with Gasteiger partial charge in [0.25, 0.3) is 0 Å². The van der Waals surface area contributed by atoms with Gasteiger partial charge in [-0.2, -0.15) is 5.53 Å². The molecule has 4 heterocycles. The van der Waals surface area contributed by atoms with Crippen molar-refractivity contribution in [3.63, 3.8) is 0 Å². The van der Waals surface area contributed by atoms with Crippen molar-refractivity contribution < 1.29 is 23.6 Å². The summed E-state index contributed by atoms with van der Waals surface area (Å²) >= 11 is 1.55. The molecule has 48 heavy (non-hydrogen) atoms. The number of halogens is 1. The van der Waals surface area contributed by atoms with Crippen LogP contribution in [0.2, 0.25) is 0 Å². The maximum absolute atomic E-state index is 14.2. The molecule has 248 valence electrons. The number of thiophene rings is 1. The van der Waals surface area contributed by atoms with Gasteiger partial charge in [0.15, 0.2) is 0 Å². The van der Waals surface area contributed by atoms with E-state index in [1.807, 2.05) is 47.8 Å². The number of carbonyl (C=O) groups excluding carboxylic acids is 4. The topological polar surface area (TPSA) is 144 Å². The van der Waals surface area contributed by atoms with Crippen molar-refractivity contribution in [2.75, 3.05) is 18.0 Å². The average Bonchev–Trinajstić information content (AvgIpc) is 3.83. The molecule has 3 aliphatic heterocycles. The van der Waals surface area contributed by atoms with Crippen molar-refractivity contribution in [3.05, 3.63) is 100 Å². The quantitative estimate of drug-likeness (QED) is 0.151. The molecule has 4 atom stereocenters. The number of fused-ring (bicyclic) bond motifs is 1. The van der Waals surface area contributed by atoms with Gasteiger partial charge in [-0.25, -0.2) is 15.2 Å². The molecule has 7 rings (SSSR count). The molecule has 6 N–H and O–H groups in total. The minimum absolute atomic E-state index is 0.00753. The molecule has 1 fully saturated rings. The van der Waals surface area contributed by atoms with E-state index in [0.29, 0.717) is 37.9 Å². The Labute approximate surface area is 280 Å². The zero-order valence-corrected chi connectivity index (χ0v) is 26.9. The largest absolute Gasteiger partial charge is 0.353 e. The molecule has 13 heteroatoms. The van der Waals surface area contributed by atoms with Gasteiger partial charge in [-0.3, -0.25) is 24.1 Å². The van der Waals surface area contributed by atoms with Crippen LogP contribution in [0.3, 0.4) is 0 Å². The minimum atomic E-state index is -1.03. The summed E-state index contributed by atoms with van der Waals surface area (Å²) in [5, 5.41) is 11.7. The normalized spacial score (nSPS) is 20.6. The maximum atomic E-state index is 14.2. The molecule has 3 aliphatic rings. The summed E-state index contributed by atoms with van der Waals surface area (Å²) in [5.41, 5.74) is 12.9. The van der Waals surface area contributed by atoms with Crippen molar-refractivity contribution in [3.8, 4) is 0 Å². The first kappa shape index (κ1) is 31.9. The molecule has 4 aromatic rings. The van der Waals surface area contributed by atoms with E-state index in [1.54, 1.807) is 28.4 Å². The maximum Gasteiger partial charge on any atom is 0.250 e. The number of amides is 4. The van der Waals surface area contributed by atoms with Crippen LogP contribution in [0.5, 0.6) is 0 Å². The van der Waals surface area contributed by atoms with Crippen molar-refractivity contribution in [1.82, 2.24) is 32.3 Å². The zero-order chi connectivity index (χ0) is 33.2. The first-order chi connectivity index (χ1) is 23.3. The molecule has 1 aromatic heterocycles. The second kappa shape index (κ2) is 13.8. The van der Waals surface area contributed by atoms with Crippen LogP contribution in [0.15, 0.2) is 72.1 Å². The van der Waals surface area contributed by atoms with Gasteiger partial charge < -0.3 is 16.0 Å². The van der Waals surface area contributed by atoms with Gasteiger partial charge >= 0.3 is 0 Å². The molecule has 0 radical (unpaired) electrons. The van der Waals surface area contributed by atoms with Crippen molar-refractivity contribution in [2.24, 2.45) is 0 Å². The highest BCUT2D eigenvalue weighted by Crippen LogP contribution is 2.39. The lowest BCUT2D eigenvalue weighted by Crippen LogP contribution is -2.58. The summed E-state index contributed by atoms with van der Waals surface area (Å²) in [7, 11) is 0. The molecular formula is C35H36FN7O4S. The van der Waals surface area contributed by atoms with Crippen molar-refractivity contribution >= 4 is 50.7 Å². The van der Waals surface area contributed by atoms with Crippen LogP contribution >= 0.6 is 11.3 Å². The third-order valence-electron chi connectivity index (χ3n) is 9.18. The second-order valence-corrected chi connectivity index (χ2v) is 13.3. The standard InChI is InChI=1S/C35H36FN7O4S/c36-24-11-8-20(9-12-24)14-28(39-31(44)16-23-19-48-30-7-2-1-6-26(23)30)33(45)40-27-13-10-21-4-3-5-22-15-29(43(32(21)22)35(27)47)34(46)37-17-25-18-38-42-41-25/h1-9,11-12,19,25,27-29,38,41-42H,10,13-18H2,(H,37,46)(H,39,44)(H,40,45)/t25?,27-,28-,29-/m0/s1. The second-order valence-electron chi connectivity index (χ2n) is 12.4. The van der Waals surface area contributed by atoms with E-state index in [-0.39, 0.29) is 36.6 Å². The summed E-state index contributed by atoms with van der Waals surface area (Å²) in [4.78, 5) is 56.6. The third-order valence-corrected chi connectivity index (χ3v) is 10.2. The fourth-order valence-corrected chi connectivity index (χ4v) is 7.71. The average molecular weight is 670 g/mol. The van der Waals surface area contributed by atoms with Crippen molar-refractivity contribution in [2.45, 2.75) is 56.3 Å². The summed E-state index contributed by atoms with van der Waals surface area (Å²) in [5.74, 6) is -1.92. The highest BCUT2D eigenvalue weighted by molar-refractivity contribution is 7.17. The Kier molecular flexibility index (Phi) is 9.17. The van der Waals surface area contributed by atoms with E-state index in [9.17, 15) is 23.6 Å². The highest BCUT2D eigenvalue weighted by atomic mass is 32.1. The van der Waals surface area contributed by atoms with E-state index in [0.717, 1.165) is 32.5 Å². The van der Waals surface area contributed by atoms with Crippen LogP contribution in [-0.2, 0) is 44.9 Å². The monoisotopic (exact) mass is 669 g/mol. The van der Waals surface area contributed by atoms with Gasteiger partial charge in [0.2, 0.25) is 23.6 Å². The SMILES string of the molecule is O=C(Cc1csc2ccccc12)N[C@@H](Cc1ccc(F)cc1)C(=O)N[C@H]1CCc2cccc3c2N(C1=O)[C@H](C(=O)NCC1CNNN1)C3. The van der Waals surface area contributed by atoms with E-state index in [1.165, 1.54) is 12.1 Å². The van der Waals surface area contributed by atoms with Gasteiger partial charge in [-0.15, -0.1) is 11.3 Å². The lowest BCUT2D eigenvalue weighted by Gasteiger charge is -2.29. The molecule has 3 aromatic carbocycles. The van der Waals surface area contributed by atoms with Crippen LogP contribution < -0.4 is 37.2 Å². The number of hydrazine groups is 2. The molecule has 1 saturated heterocycles.